The van der Waals surface area contributed by atoms with Crippen molar-refractivity contribution < 1.29 is 13.2 Å². The molecule has 1 N–H and O–H groups in total. The van der Waals surface area contributed by atoms with Crippen molar-refractivity contribution >= 4 is 17.4 Å². The zero-order valence-electron chi connectivity index (χ0n) is 9.58. The first kappa shape index (κ1) is 13.6. The van der Waals surface area contributed by atoms with Crippen LogP contribution in [0.3, 0.4) is 0 Å². The molecule has 1 aromatic heterocycles. The molecule has 0 atom stereocenters. The first-order chi connectivity index (χ1) is 8.95. The molecule has 0 spiro atoms. The van der Waals surface area contributed by atoms with Crippen LogP contribution in [-0.4, -0.2) is 10.2 Å². The molecule has 0 aliphatic rings. The molecule has 0 aliphatic heterocycles. The Labute approximate surface area is 112 Å². The van der Waals surface area contributed by atoms with E-state index in [0.29, 0.717) is 11.6 Å². The van der Waals surface area contributed by atoms with Gasteiger partial charge < -0.3 is 5.32 Å². The molecule has 0 bridgehead atoms. The van der Waals surface area contributed by atoms with E-state index in [4.69, 9.17) is 11.6 Å². The number of hydrogen-bond donors (Lipinski definition) is 1. The first-order valence-corrected chi connectivity index (χ1v) is 5.72. The summed E-state index contributed by atoms with van der Waals surface area (Å²) in [4.78, 5) is 0. The molecule has 1 heterocycles. The molecular weight excluding hydrogens is 279 g/mol. The minimum absolute atomic E-state index is 0.281. The molecule has 0 saturated carbocycles. The van der Waals surface area contributed by atoms with E-state index in [0.717, 1.165) is 11.6 Å². The van der Waals surface area contributed by atoms with Crippen LogP contribution in [-0.2, 0) is 12.7 Å². The van der Waals surface area contributed by atoms with E-state index < -0.39 is 11.9 Å². The van der Waals surface area contributed by atoms with Gasteiger partial charge in [-0.05, 0) is 29.8 Å². The van der Waals surface area contributed by atoms with E-state index in [-0.39, 0.29) is 5.82 Å². The van der Waals surface area contributed by atoms with Crippen molar-refractivity contribution in [2.45, 2.75) is 12.7 Å². The van der Waals surface area contributed by atoms with Gasteiger partial charge in [-0.3, -0.25) is 0 Å². The Morgan fingerprint density at radius 1 is 1.00 bits per heavy atom. The number of rotatable bonds is 3. The third-order valence-corrected chi connectivity index (χ3v) is 2.59. The van der Waals surface area contributed by atoms with E-state index >= 15 is 0 Å². The normalized spacial score (nSPS) is 11.4. The fourth-order valence-corrected chi connectivity index (χ4v) is 1.50. The Morgan fingerprint density at radius 2 is 1.68 bits per heavy atom. The second-order valence-corrected chi connectivity index (χ2v) is 4.22. The number of halogens is 4. The maximum atomic E-state index is 12.3. The second kappa shape index (κ2) is 5.44. The molecule has 19 heavy (non-hydrogen) atoms. The van der Waals surface area contributed by atoms with Crippen LogP contribution in [0.1, 0.15) is 11.3 Å². The van der Waals surface area contributed by atoms with Crippen molar-refractivity contribution in [2.75, 3.05) is 5.32 Å². The highest BCUT2D eigenvalue weighted by atomic mass is 35.5. The molecule has 0 amide bonds. The Balaban J connectivity index is 1.98. The van der Waals surface area contributed by atoms with Crippen LogP contribution < -0.4 is 5.32 Å². The van der Waals surface area contributed by atoms with Crippen molar-refractivity contribution in [3.8, 4) is 0 Å². The third-order valence-electron chi connectivity index (χ3n) is 2.34. The van der Waals surface area contributed by atoms with E-state index in [1.165, 1.54) is 6.07 Å². The molecular formula is C12H9ClF3N3. The van der Waals surface area contributed by atoms with Crippen molar-refractivity contribution in [3.05, 3.63) is 52.7 Å². The minimum Gasteiger partial charge on any atom is -0.365 e. The van der Waals surface area contributed by atoms with Crippen molar-refractivity contribution in [3.63, 3.8) is 0 Å². The monoisotopic (exact) mass is 287 g/mol. The molecule has 0 saturated heterocycles. The predicted molar refractivity (Wildman–Crippen MR) is 65.8 cm³/mol. The lowest BCUT2D eigenvalue weighted by Crippen LogP contribution is -2.10. The van der Waals surface area contributed by atoms with Crippen LogP contribution in [0.2, 0.25) is 5.02 Å². The van der Waals surface area contributed by atoms with Gasteiger partial charge in [0.15, 0.2) is 5.69 Å². The van der Waals surface area contributed by atoms with Crippen LogP contribution in [0.15, 0.2) is 36.4 Å². The summed E-state index contributed by atoms with van der Waals surface area (Å²) in [7, 11) is 0. The maximum Gasteiger partial charge on any atom is 0.435 e. The van der Waals surface area contributed by atoms with Gasteiger partial charge in [-0.15, -0.1) is 10.2 Å². The van der Waals surface area contributed by atoms with Crippen LogP contribution in [0.25, 0.3) is 0 Å². The van der Waals surface area contributed by atoms with Gasteiger partial charge in [0.2, 0.25) is 0 Å². The summed E-state index contributed by atoms with van der Waals surface area (Å²) >= 11 is 5.74. The molecule has 7 heteroatoms. The summed E-state index contributed by atoms with van der Waals surface area (Å²) in [6.45, 7) is 0.428. The van der Waals surface area contributed by atoms with Crippen LogP contribution in [0, 0.1) is 0 Å². The summed E-state index contributed by atoms with van der Waals surface area (Å²) in [5.41, 5.74) is -0.0735. The highest BCUT2D eigenvalue weighted by Crippen LogP contribution is 2.27. The van der Waals surface area contributed by atoms with E-state index in [1.54, 1.807) is 12.1 Å². The van der Waals surface area contributed by atoms with Crippen LogP contribution in [0.5, 0.6) is 0 Å². The topological polar surface area (TPSA) is 37.8 Å². The number of nitrogens with one attached hydrogen (secondary N) is 1. The molecule has 0 aliphatic carbocycles. The van der Waals surface area contributed by atoms with Gasteiger partial charge in [0, 0.05) is 11.6 Å². The smallest absolute Gasteiger partial charge is 0.365 e. The van der Waals surface area contributed by atoms with Gasteiger partial charge >= 0.3 is 6.18 Å². The number of anilines is 1. The minimum atomic E-state index is -4.47. The summed E-state index contributed by atoms with van der Waals surface area (Å²) in [6, 6.07) is 9.22. The van der Waals surface area contributed by atoms with Crippen molar-refractivity contribution in [2.24, 2.45) is 0 Å². The third kappa shape index (κ3) is 3.82. The average Bonchev–Trinajstić information content (AvgIpc) is 2.37. The lowest BCUT2D eigenvalue weighted by Gasteiger charge is -2.07. The number of alkyl halides is 3. The highest BCUT2D eigenvalue weighted by molar-refractivity contribution is 6.30. The predicted octanol–water partition coefficient (Wildman–Crippen LogP) is 3.76. The summed E-state index contributed by atoms with van der Waals surface area (Å²) < 4.78 is 36.8. The molecule has 1 aromatic carbocycles. The van der Waals surface area contributed by atoms with Gasteiger partial charge in [-0.1, -0.05) is 23.7 Å². The van der Waals surface area contributed by atoms with Crippen molar-refractivity contribution in [1.29, 1.82) is 0 Å². The molecule has 2 rings (SSSR count). The van der Waals surface area contributed by atoms with E-state index in [9.17, 15) is 13.2 Å². The zero-order chi connectivity index (χ0) is 13.9. The lowest BCUT2D eigenvalue weighted by molar-refractivity contribution is -0.141. The summed E-state index contributed by atoms with van der Waals surface area (Å²) in [6.07, 6.45) is -4.47. The number of benzene rings is 1. The van der Waals surface area contributed by atoms with Crippen LogP contribution in [0.4, 0.5) is 19.0 Å². The Hall–Kier alpha value is -1.82. The fraction of sp³-hybridized carbons (Fsp3) is 0.167. The second-order valence-electron chi connectivity index (χ2n) is 3.78. The first-order valence-electron chi connectivity index (χ1n) is 5.34. The largest absolute Gasteiger partial charge is 0.435 e. The van der Waals surface area contributed by atoms with Crippen molar-refractivity contribution in [1.82, 2.24) is 10.2 Å². The number of hydrogen-bond acceptors (Lipinski definition) is 3. The molecule has 0 fully saturated rings. The summed E-state index contributed by atoms with van der Waals surface area (Å²) in [5, 5.41) is 10.1. The fourth-order valence-electron chi connectivity index (χ4n) is 1.37. The Morgan fingerprint density at radius 3 is 2.21 bits per heavy atom. The molecule has 0 radical (unpaired) electrons. The zero-order valence-corrected chi connectivity index (χ0v) is 10.3. The summed E-state index contributed by atoms with van der Waals surface area (Å²) in [5.74, 6) is 0.281. The maximum absolute atomic E-state index is 12.3. The van der Waals surface area contributed by atoms with Gasteiger partial charge in [-0.2, -0.15) is 13.2 Å². The highest BCUT2D eigenvalue weighted by Gasteiger charge is 2.32. The van der Waals surface area contributed by atoms with Gasteiger partial charge in [0.1, 0.15) is 5.82 Å². The standard InChI is InChI=1S/C12H9ClF3N3/c13-9-3-1-8(2-4-9)7-17-11-6-5-10(18-19-11)12(14,15)16/h1-6H,7H2,(H,17,19). The SMILES string of the molecule is FC(F)(F)c1ccc(NCc2ccc(Cl)cc2)nn1. The van der Waals surface area contributed by atoms with E-state index in [2.05, 4.69) is 15.5 Å². The molecule has 3 nitrogen and oxygen atoms in total. The lowest BCUT2D eigenvalue weighted by atomic mass is 10.2. The van der Waals surface area contributed by atoms with Crippen LogP contribution >= 0.6 is 11.6 Å². The Bertz CT molecular complexity index is 538. The van der Waals surface area contributed by atoms with Gasteiger partial charge in [-0.25, -0.2) is 0 Å². The number of nitrogens with zero attached hydrogens (tertiary/aromatic N) is 2. The van der Waals surface area contributed by atoms with Gasteiger partial charge in [0.25, 0.3) is 0 Å². The number of aromatic nitrogens is 2. The average molecular weight is 288 g/mol. The Kier molecular flexibility index (Phi) is 3.90. The quantitative estimate of drug-likeness (QED) is 0.934. The molecule has 2 aromatic rings. The van der Waals surface area contributed by atoms with Gasteiger partial charge in [0.05, 0.1) is 0 Å². The molecule has 0 unspecified atom stereocenters. The molecule has 100 valence electrons. The van der Waals surface area contributed by atoms with E-state index in [1.807, 2.05) is 12.1 Å².